The molecule has 1 aromatic rings. The van der Waals surface area contributed by atoms with Crippen LogP contribution in [-0.4, -0.2) is 37.7 Å². The molecule has 0 unspecified atom stereocenters. The third-order valence-corrected chi connectivity index (χ3v) is 4.67. The molecule has 1 aliphatic carbocycles. The Labute approximate surface area is 101 Å². The molecule has 1 fully saturated rings. The van der Waals surface area contributed by atoms with Gasteiger partial charge in [-0.3, -0.25) is 5.10 Å². The Balaban J connectivity index is 1.94. The van der Waals surface area contributed by atoms with E-state index in [0.717, 1.165) is 25.7 Å². The van der Waals surface area contributed by atoms with Gasteiger partial charge in [-0.15, -0.1) is 0 Å². The van der Waals surface area contributed by atoms with Gasteiger partial charge in [0, 0.05) is 12.1 Å². The summed E-state index contributed by atoms with van der Waals surface area (Å²) in [5, 5.41) is 9.48. The van der Waals surface area contributed by atoms with Crippen LogP contribution in [0.3, 0.4) is 0 Å². The van der Waals surface area contributed by atoms with Gasteiger partial charge in [0.25, 0.3) is 10.0 Å². The van der Waals surface area contributed by atoms with Gasteiger partial charge in [-0.05, 0) is 38.8 Å². The van der Waals surface area contributed by atoms with Crippen molar-refractivity contribution < 1.29 is 8.42 Å². The second kappa shape index (κ2) is 5.16. The first-order chi connectivity index (χ1) is 8.12. The fraction of sp³-hybridized carbons (Fsp3) is 0.700. The number of nitrogens with zero attached hydrogens (tertiary/aromatic N) is 1. The molecule has 0 spiro atoms. The van der Waals surface area contributed by atoms with E-state index in [2.05, 4.69) is 20.2 Å². The number of H-pyrrole nitrogens is 1. The van der Waals surface area contributed by atoms with Gasteiger partial charge in [-0.25, -0.2) is 13.1 Å². The van der Waals surface area contributed by atoms with Crippen molar-refractivity contribution in [1.29, 1.82) is 0 Å². The van der Waals surface area contributed by atoms with Crippen molar-refractivity contribution in [2.45, 2.75) is 42.8 Å². The van der Waals surface area contributed by atoms with Crippen LogP contribution in [-0.2, 0) is 10.0 Å². The second-order valence-corrected chi connectivity index (χ2v) is 6.06. The van der Waals surface area contributed by atoms with Crippen molar-refractivity contribution >= 4 is 10.0 Å². The molecule has 0 atom stereocenters. The largest absolute Gasteiger partial charge is 0.317 e. The van der Waals surface area contributed by atoms with Crippen LogP contribution < -0.4 is 10.0 Å². The van der Waals surface area contributed by atoms with Gasteiger partial charge in [-0.2, -0.15) is 5.10 Å². The molecule has 1 saturated carbocycles. The quantitative estimate of drug-likeness (QED) is 0.721. The van der Waals surface area contributed by atoms with Crippen LogP contribution in [0, 0.1) is 0 Å². The average Bonchev–Trinajstić information content (AvgIpc) is 2.84. The summed E-state index contributed by atoms with van der Waals surface area (Å²) in [5.74, 6) is 0. The summed E-state index contributed by atoms with van der Waals surface area (Å²) in [5.41, 5.74) is 0. The first-order valence-corrected chi connectivity index (χ1v) is 7.29. The lowest BCUT2D eigenvalue weighted by Crippen LogP contribution is -2.41. The van der Waals surface area contributed by atoms with Crippen molar-refractivity contribution in [3.05, 3.63) is 12.3 Å². The summed E-state index contributed by atoms with van der Waals surface area (Å²) in [6.07, 6.45) is 5.20. The minimum Gasteiger partial charge on any atom is -0.317 e. The first-order valence-electron chi connectivity index (χ1n) is 5.81. The third-order valence-electron chi connectivity index (χ3n) is 3.22. The van der Waals surface area contributed by atoms with Crippen LogP contribution in [0.15, 0.2) is 17.3 Å². The van der Waals surface area contributed by atoms with E-state index >= 15 is 0 Å². The summed E-state index contributed by atoms with van der Waals surface area (Å²) in [7, 11) is -1.49. The van der Waals surface area contributed by atoms with Crippen molar-refractivity contribution in [3.8, 4) is 0 Å². The van der Waals surface area contributed by atoms with Crippen LogP contribution in [0.4, 0.5) is 0 Å². The maximum atomic E-state index is 11.9. The topological polar surface area (TPSA) is 86.9 Å². The van der Waals surface area contributed by atoms with Gasteiger partial charge in [0.2, 0.25) is 0 Å². The fourth-order valence-corrected chi connectivity index (χ4v) is 3.39. The maximum absolute atomic E-state index is 11.9. The number of nitrogens with one attached hydrogen (secondary N) is 3. The van der Waals surface area contributed by atoms with Crippen molar-refractivity contribution in [3.63, 3.8) is 0 Å². The number of rotatable bonds is 4. The number of sulfonamides is 1. The molecule has 1 heterocycles. The van der Waals surface area contributed by atoms with Crippen LogP contribution in [0.25, 0.3) is 0 Å². The Morgan fingerprint density at radius 1 is 1.29 bits per heavy atom. The minimum absolute atomic E-state index is 0.0351. The molecule has 17 heavy (non-hydrogen) atoms. The lowest BCUT2D eigenvalue weighted by atomic mass is 9.92. The number of hydrogen-bond acceptors (Lipinski definition) is 4. The van der Waals surface area contributed by atoms with E-state index in [1.165, 1.54) is 12.3 Å². The molecule has 1 aliphatic rings. The minimum atomic E-state index is -3.43. The summed E-state index contributed by atoms with van der Waals surface area (Å²) < 4.78 is 26.5. The Bertz CT molecular complexity index is 435. The highest BCUT2D eigenvalue weighted by atomic mass is 32.2. The lowest BCUT2D eigenvalue weighted by molar-refractivity contribution is 0.342. The molecule has 0 saturated heterocycles. The van der Waals surface area contributed by atoms with Gasteiger partial charge in [0.05, 0.1) is 6.20 Å². The first kappa shape index (κ1) is 12.5. The molecule has 3 N–H and O–H groups in total. The summed E-state index contributed by atoms with van der Waals surface area (Å²) in [6.45, 7) is 0. The molecule has 96 valence electrons. The Morgan fingerprint density at radius 2 is 1.94 bits per heavy atom. The van der Waals surface area contributed by atoms with E-state index in [0.29, 0.717) is 6.04 Å². The number of hydrogen-bond donors (Lipinski definition) is 3. The zero-order chi connectivity index (χ0) is 12.3. The maximum Gasteiger partial charge on any atom is 0.257 e. The zero-order valence-electron chi connectivity index (χ0n) is 9.81. The van der Waals surface area contributed by atoms with E-state index in [9.17, 15) is 8.42 Å². The van der Waals surface area contributed by atoms with E-state index in [-0.39, 0.29) is 11.1 Å². The molecule has 6 nitrogen and oxygen atoms in total. The second-order valence-electron chi connectivity index (χ2n) is 4.38. The average molecular weight is 258 g/mol. The molecule has 0 aromatic carbocycles. The van der Waals surface area contributed by atoms with Gasteiger partial charge in [0.1, 0.15) is 0 Å². The SMILES string of the molecule is CNC1CCC(NS(=O)(=O)c2ccn[nH]2)CC1. The van der Waals surface area contributed by atoms with Crippen LogP contribution in [0.5, 0.6) is 0 Å². The molecule has 0 radical (unpaired) electrons. The molecule has 2 rings (SSSR count). The molecule has 7 heteroatoms. The highest BCUT2D eigenvalue weighted by molar-refractivity contribution is 7.89. The highest BCUT2D eigenvalue weighted by Gasteiger charge is 2.25. The zero-order valence-corrected chi connectivity index (χ0v) is 10.6. The van der Waals surface area contributed by atoms with E-state index in [4.69, 9.17) is 0 Å². The molecular formula is C10H18N4O2S. The van der Waals surface area contributed by atoms with Gasteiger partial charge < -0.3 is 5.32 Å². The van der Waals surface area contributed by atoms with E-state index < -0.39 is 10.0 Å². The molecule has 0 aliphatic heterocycles. The van der Waals surface area contributed by atoms with Gasteiger partial charge >= 0.3 is 0 Å². The third kappa shape index (κ3) is 3.05. The monoisotopic (exact) mass is 258 g/mol. The standard InChI is InChI=1S/C10H18N4O2S/c1-11-8-2-4-9(5-3-8)14-17(15,16)10-6-7-12-13-10/h6-9,11,14H,2-5H2,1H3,(H,12,13). The smallest absolute Gasteiger partial charge is 0.257 e. The summed E-state index contributed by atoms with van der Waals surface area (Å²) in [4.78, 5) is 0. The molecule has 0 amide bonds. The van der Waals surface area contributed by atoms with Crippen molar-refractivity contribution in [2.24, 2.45) is 0 Å². The predicted molar refractivity (Wildman–Crippen MR) is 64.0 cm³/mol. The Hall–Kier alpha value is -0.920. The normalized spacial score (nSPS) is 25.9. The molecule has 1 aromatic heterocycles. The fourth-order valence-electron chi connectivity index (χ4n) is 2.18. The Morgan fingerprint density at radius 3 is 2.47 bits per heavy atom. The highest BCUT2D eigenvalue weighted by Crippen LogP contribution is 2.19. The van der Waals surface area contributed by atoms with Gasteiger partial charge in [0.15, 0.2) is 5.03 Å². The van der Waals surface area contributed by atoms with Crippen LogP contribution >= 0.6 is 0 Å². The lowest BCUT2D eigenvalue weighted by Gasteiger charge is -2.28. The van der Waals surface area contributed by atoms with Crippen molar-refractivity contribution in [1.82, 2.24) is 20.2 Å². The van der Waals surface area contributed by atoms with Crippen molar-refractivity contribution in [2.75, 3.05) is 7.05 Å². The number of aromatic nitrogens is 2. The van der Waals surface area contributed by atoms with E-state index in [1.807, 2.05) is 7.05 Å². The van der Waals surface area contributed by atoms with Crippen LogP contribution in [0.1, 0.15) is 25.7 Å². The molecular weight excluding hydrogens is 240 g/mol. The number of aromatic amines is 1. The molecule has 0 bridgehead atoms. The summed E-state index contributed by atoms with van der Waals surface area (Å²) >= 11 is 0. The van der Waals surface area contributed by atoms with Gasteiger partial charge in [-0.1, -0.05) is 0 Å². The Kier molecular flexibility index (Phi) is 3.80. The summed E-state index contributed by atoms with van der Waals surface area (Å²) in [6, 6.07) is 2.01. The predicted octanol–water partition coefficient (Wildman–Crippen LogP) is 0.219. The van der Waals surface area contributed by atoms with Crippen LogP contribution in [0.2, 0.25) is 0 Å². The van der Waals surface area contributed by atoms with E-state index in [1.54, 1.807) is 0 Å².